The maximum atomic E-state index is 12.9. The predicted molar refractivity (Wildman–Crippen MR) is 122 cm³/mol. The molecule has 2 atom stereocenters. The third-order valence-electron chi connectivity index (χ3n) is 4.58. The summed E-state index contributed by atoms with van der Waals surface area (Å²) in [6.07, 6.45) is -0.446. The number of benzene rings is 1. The average Bonchev–Trinajstić information content (AvgIpc) is 2.73. The van der Waals surface area contributed by atoms with Crippen LogP contribution in [0.15, 0.2) is 30.3 Å². The minimum atomic E-state index is -1.21. The zero-order valence-electron chi connectivity index (χ0n) is 20.3. The molecule has 1 rings (SSSR count). The first kappa shape index (κ1) is 27.9. The van der Waals surface area contributed by atoms with E-state index >= 15 is 0 Å². The van der Waals surface area contributed by atoms with Crippen molar-refractivity contribution < 1.29 is 33.4 Å². The lowest BCUT2D eigenvalue weighted by atomic mass is 9.91. The Labute approximate surface area is 195 Å². The van der Waals surface area contributed by atoms with E-state index in [2.05, 4.69) is 10.6 Å². The standard InChI is InChI=1S/C24H36N2O7/c1-16(2)18(14-20(27)25-12-13-32-17-10-8-7-9-11-17)22(29)26-19(23(30)31-6)15-21(28)33-24(3,4)5/h7-11,16,18-19H,12-15H2,1-6H3,(H,25,27)(H,26,29)/t18?,19-/m0/s1. The minimum absolute atomic E-state index is 0.0742. The Hall–Kier alpha value is -3.10. The number of esters is 2. The van der Waals surface area contributed by atoms with Gasteiger partial charge in [-0.05, 0) is 38.8 Å². The van der Waals surface area contributed by atoms with Crippen LogP contribution in [0, 0.1) is 11.8 Å². The first-order chi connectivity index (χ1) is 15.4. The highest BCUT2D eigenvalue weighted by atomic mass is 16.6. The smallest absolute Gasteiger partial charge is 0.328 e. The number of ether oxygens (including phenoxy) is 3. The van der Waals surface area contributed by atoms with Gasteiger partial charge in [0.2, 0.25) is 11.8 Å². The van der Waals surface area contributed by atoms with Gasteiger partial charge in [0.15, 0.2) is 0 Å². The first-order valence-corrected chi connectivity index (χ1v) is 11.0. The molecular formula is C24H36N2O7. The third kappa shape index (κ3) is 11.4. The third-order valence-corrected chi connectivity index (χ3v) is 4.58. The van der Waals surface area contributed by atoms with Gasteiger partial charge in [-0.1, -0.05) is 32.0 Å². The van der Waals surface area contributed by atoms with Crippen molar-refractivity contribution in [1.29, 1.82) is 0 Å². The van der Waals surface area contributed by atoms with Gasteiger partial charge < -0.3 is 24.8 Å². The molecule has 0 aliphatic heterocycles. The molecule has 0 heterocycles. The van der Waals surface area contributed by atoms with Gasteiger partial charge in [-0.2, -0.15) is 0 Å². The number of carbonyl (C=O) groups excluding carboxylic acids is 4. The summed E-state index contributed by atoms with van der Waals surface area (Å²) < 4.78 is 15.5. The van der Waals surface area contributed by atoms with Crippen molar-refractivity contribution in [2.75, 3.05) is 20.3 Å². The summed E-state index contributed by atoms with van der Waals surface area (Å²) in [4.78, 5) is 49.5. The molecule has 0 radical (unpaired) electrons. The molecule has 0 aliphatic rings. The molecule has 1 aromatic rings. The maximum absolute atomic E-state index is 12.9. The van der Waals surface area contributed by atoms with Crippen LogP contribution in [0.3, 0.4) is 0 Å². The van der Waals surface area contributed by atoms with Crippen molar-refractivity contribution in [2.24, 2.45) is 11.8 Å². The molecule has 184 valence electrons. The van der Waals surface area contributed by atoms with Crippen LogP contribution in [-0.2, 0) is 28.7 Å². The van der Waals surface area contributed by atoms with Gasteiger partial charge in [-0.3, -0.25) is 14.4 Å². The zero-order valence-corrected chi connectivity index (χ0v) is 20.3. The van der Waals surface area contributed by atoms with Crippen LogP contribution in [0.2, 0.25) is 0 Å². The van der Waals surface area contributed by atoms with E-state index < -0.39 is 35.4 Å². The highest BCUT2D eigenvalue weighted by molar-refractivity contribution is 5.91. The monoisotopic (exact) mass is 464 g/mol. The minimum Gasteiger partial charge on any atom is -0.492 e. The Bertz CT molecular complexity index is 788. The molecule has 33 heavy (non-hydrogen) atoms. The van der Waals surface area contributed by atoms with Crippen LogP contribution in [0.5, 0.6) is 5.75 Å². The summed E-state index contributed by atoms with van der Waals surface area (Å²) in [7, 11) is 1.17. The summed E-state index contributed by atoms with van der Waals surface area (Å²) in [6.45, 7) is 9.28. The summed E-state index contributed by atoms with van der Waals surface area (Å²) in [6, 6.07) is 8.01. The fourth-order valence-electron chi connectivity index (χ4n) is 2.94. The molecule has 1 aromatic carbocycles. The van der Waals surface area contributed by atoms with Gasteiger partial charge in [0.05, 0.1) is 20.1 Å². The number of para-hydroxylation sites is 1. The van der Waals surface area contributed by atoms with E-state index in [1.54, 1.807) is 34.6 Å². The molecule has 0 aromatic heterocycles. The Balaban J connectivity index is 2.63. The zero-order chi connectivity index (χ0) is 25.0. The molecule has 0 spiro atoms. The van der Waals surface area contributed by atoms with Crippen molar-refractivity contribution in [2.45, 2.75) is 59.1 Å². The fraction of sp³-hybridized carbons (Fsp3) is 0.583. The van der Waals surface area contributed by atoms with Gasteiger partial charge >= 0.3 is 11.9 Å². The van der Waals surface area contributed by atoms with Gasteiger partial charge in [0.25, 0.3) is 0 Å². The summed E-state index contributed by atoms with van der Waals surface area (Å²) in [5, 5.41) is 5.27. The van der Waals surface area contributed by atoms with Crippen molar-refractivity contribution in [3.63, 3.8) is 0 Å². The van der Waals surface area contributed by atoms with E-state index in [1.165, 1.54) is 7.11 Å². The maximum Gasteiger partial charge on any atom is 0.328 e. The van der Waals surface area contributed by atoms with E-state index in [0.717, 1.165) is 0 Å². The molecule has 0 fully saturated rings. The van der Waals surface area contributed by atoms with Crippen LogP contribution in [-0.4, -0.2) is 55.7 Å². The van der Waals surface area contributed by atoms with Crippen LogP contribution in [0.25, 0.3) is 0 Å². The number of nitrogens with one attached hydrogen (secondary N) is 2. The SMILES string of the molecule is COC(=O)[C@H](CC(=O)OC(C)(C)C)NC(=O)C(CC(=O)NCCOc1ccccc1)C(C)C. The fourth-order valence-corrected chi connectivity index (χ4v) is 2.94. The first-order valence-electron chi connectivity index (χ1n) is 11.0. The van der Waals surface area contributed by atoms with E-state index in [9.17, 15) is 19.2 Å². The summed E-state index contributed by atoms with van der Waals surface area (Å²) in [5.74, 6) is -2.43. The average molecular weight is 465 g/mol. The topological polar surface area (TPSA) is 120 Å². The Morgan fingerprint density at radius 1 is 1.00 bits per heavy atom. The molecule has 9 heteroatoms. The molecular weight excluding hydrogens is 428 g/mol. The number of hydrogen-bond acceptors (Lipinski definition) is 7. The van der Waals surface area contributed by atoms with E-state index in [0.29, 0.717) is 5.75 Å². The number of carbonyl (C=O) groups is 4. The number of amides is 2. The number of methoxy groups -OCH3 is 1. The highest BCUT2D eigenvalue weighted by Crippen LogP contribution is 2.17. The van der Waals surface area contributed by atoms with Crippen molar-refractivity contribution in [3.8, 4) is 5.75 Å². The normalized spacial score (nSPS) is 12.9. The second-order valence-electron chi connectivity index (χ2n) is 8.94. The van der Waals surface area contributed by atoms with Crippen molar-refractivity contribution in [1.82, 2.24) is 10.6 Å². The molecule has 2 amide bonds. The second kappa shape index (κ2) is 13.4. The summed E-state index contributed by atoms with van der Waals surface area (Å²) >= 11 is 0. The van der Waals surface area contributed by atoms with Gasteiger partial charge in [0.1, 0.15) is 24.0 Å². The Kier molecular flexibility index (Phi) is 11.4. The molecule has 0 aliphatic carbocycles. The second-order valence-corrected chi connectivity index (χ2v) is 8.94. The van der Waals surface area contributed by atoms with Crippen LogP contribution >= 0.6 is 0 Å². The Morgan fingerprint density at radius 2 is 1.64 bits per heavy atom. The number of rotatable bonds is 12. The Morgan fingerprint density at radius 3 is 2.18 bits per heavy atom. The van der Waals surface area contributed by atoms with Crippen molar-refractivity contribution in [3.05, 3.63) is 30.3 Å². The van der Waals surface area contributed by atoms with Crippen molar-refractivity contribution >= 4 is 23.8 Å². The largest absolute Gasteiger partial charge is 0.492 e. The molecule has 9 nitrogen and oxygen atoms in total. The molecule has 2 N–H and O–H groups in total. The quantitative estimate of drug-likeness (QED) is 0.359. The van der Waals surface area contributed by atoms with E-state index in [-0.39, 0.29) is 37.8 Å². The lowest BCUT2D eigenvalue weighted by Crippen LogP contribution is -2.47. The molecule has 0 saturated heterocycles. The van der Waals surface area contributed by atoms with E-state index in [1.807, 2.05) is 30.3 Å². The highest BCUT2D eigenvalue weighted by Gasteiger charge is 2.32. The van der Waals surface area contributed by atoms with Gasteiger partial charge in [0, 0.05) is 12.3 Å². The van der Waals surface area contributed by atoms with Crippen LogP contribution in [0.1, 0.15) is 47.5 Å². The van der Waals surface area contributed by atoms with Gasteiger partial charge in [-0.25, -0.2) is 4.79 Å². The molecule has 1 unspecified atom stereocenters. The molecule has 0 bridgehead atoms. The lowest BCUT2D eigenvalue weighted by Gasteiger charge is -2.24. The van der Waals surface area contributed by atoms with E-state index in [4.69, 9.17) is 14.2 Å². The predicted octanol–water partition coefficient (Wildman–Crippen LogP) is 2.23. The number of hydrogen-bond donors (Lipinski definition) is 2. The van der Waals surface area contributed by atoms with Crippen LogP contribution < -0.4 is 15.4 Å². The van der Waals surface area contributed by atoms with Gasteiger partial charge in [-0.15, -0.1) is 0 Å². The lowest BCUT2D eigenvalue weighted by molar-refractivity contribution is -0.159. The molecule has 0 saturated carbocycles. The summed E-state index contributed by atoms with van der Waals surface area (Å²) in [5.41, 5.74) is -0.732. The van der Waals surface area contributed by atoms with Crippen LogP contribution in [0.4, 0.5) is 0 Å².